The van der Waals surface area contributed by atoms with Gasteiger partial charge >= 0.3 is 5.97 Å². The molecule has 7 nitrogen and oxygen atoms in total. The first-order valence-corrected chi connectivity index (χ1v) is 7.97. The third kappa shape index (κ3) is 3.52. The van der Waals surface area contributed by atoms with Crippen LogP contribution in [0.5, 0.6) is 0 Å². The van der Waals surface area contributed by atoms with Crippen LogP contribution in [0.3, 0.4) is 0 Å². The van der Waals surface area contributed by atoms with E-state index in [-0.39, 0.29) is 24.7 Å². The Morgan fingerprint density at radius 2 is 2.12 bits per heavy atom. The smallest absolute Gasteiger partial charge is 0.360 e. The highest BCUT2D eigenvalue weighted by atomic mass is 35.5. The van der Waals surface area contributed by atoms with Crippen molar-refractivity contribution in [3.8, 4) is 0 Å². The molecule has 0 bridgehead atoms. The van der Waals surface area contributed by atoms with Crippen molar-refractivity contribution in [1.82, 2.24) is 9.38 Å². The first kappa shape index (κ1) is 17.1. The van der Waals surface area contributed by atoms with Gasteiger partial charge in [-0.2, -0.15) is 0 Å². The van der Waals surface area contributed by atoms with Crippen molar-refractivity contribution in [2.24, 2.45) is 10.2 Å². The summed E-state index contributed by atoms with van der Waals surface area (Å²) in [4.78, 5) is 16.5. The molecule has 0 saturated carbocycles. The van der Waals surface area contributed by atoms with Crippen LogP contribution in [0.4, 0.5) is 11.5 Å². The number of carbonyl (C=O) groups is 1. The van der Waals surface area contributed by atoms with Crippen LogP contribution in [-0.4, -0.2) is 27.1 Å². The summed E-state index contributed by atoms with van der Waals surface area (Å²) < 4.78 is 6.64. The number of rotatable bonds is 5. The zero-order valence-corrected chi connectivity index (χ0v) is 14.1. The molecule has 0 aliphatic rings. The molecular weight excluding hydrogens is 344 g/mol. The number of aliphatic hydroxyl groups is 1. The topological polar surface area (TPSA) is 88.5 Å². The lowest BCUT2D eigenvalue weighted by Crippen LogP contribution is -2.05. The summed E-state index contributed by atoms with van der Waals surface area (Å²) in [6.45, 7) is 1.80. The zero-order valence-electron chi connectivity index (χ0n) is 13.4. The van der Waals surface area contributed by atoms with Gasteiger partial charge in [-0.15, -0.1) is 10.2 Å². The second-order valence-corrected chi connectivity index (χ2v) is 5.48. The predicted molar refractivity (Wildman–Crippen MR) is 92.7 cm³/mol. The van der Waals surface area contributed by atoms with Gasteiger partial charge in [0.2, 0.25) is 0 Å². The Morgan fingerprint density at radius 1 is 1.32 bits per heavy atom. The minimum atomic E-state index is -0.593. The molecular formula is C17H15ClN4O3. The fraction of sp³-hybridized carbons (Fsp3) is 0.176. The standard InChI is InChI=1S/C17H15ClN4O3/c1-2-25-17(24)15-16(21-20-13-6-4-3-5-12(13)18)22-8-7-11(10-23)9-14(22)19-15/h3-9,23H,2,10H2,1H3. The Balaban J connectivity index is 2.12. The SMILES string of the molecule is CCOC(=O)c1nc2cc(CO)ccn2c1N=Nc1ccccc1Cl. The Bertz CT molecular complexity index is 952. The summed E-state index contributed by atoms with van der Waals surface area (Å²) in [5.41, 5.74) is 1.65. The van der Waals surface area contributed by atoms with E-state index in [1.807, 2.05) is 0 Å². The van der Waals surface area contributed by atoms with Crippen LogP contribution in [0.1, 0.15) is 23.0 Å². The number of hydrogen-bond donors (Lipinski definition) is 1. The normalized spacial score (nSPS) is 11.3. The number of fused-ring (bicyclic) bond motifs is 1. The van der Waals surface area contributed by atoms with Crippen LogP contribution in [0.15, 0.2) is 52.8 Å². The van der Waals surface area contributed by atoms with Crippen molar-refractivity contribution in [3.63, 3.8) is 0 Å². The van der Waals surface area contributed by atoms with Gasteiger partial charge in [0.1, 0.15) is 11.3 Å². The molecule has 0 saturated heterocycles. The van der Waals surface area contributed by atoms with E-state index in [0.29, 0.717) is 21.9 Å². The van der Waals surface area contributed by atoms with Crippen molar-refractivity contribution >= 4 is 34.7 Å². The predicted octanol–water partition coefficient (Wildman–Crippen LogP) is 4.07. The minimum Gasteiger partial charge on any atom is -0.461 e. The number of carbonyl (C=O) groups excluding carboxylic acids is 1. The van der Waals surface area contributed by atoms with Crippen LogP contribution < -0.4 is 0 Å². The summed E-state index contributed by atoms with van der Waals surface area (Å²) >= 11 is 6.08. The first-order chi connectivity index (χ1) is 12.1. The van der Waals surface area contributed by atoms with Gasteiger partial charge in [-0.05, 0) is 36.8 Å². The number of hydrogen-bond acceptors (Lipinski definition) is 6. The number of nitrogens with zero attached hydrogens (tertiary/aromatic N) is 4. The number of aromatic nitrogens is 2. The minimum absolute atomic E-state index is 0.0488. The Morgan fingerprint density at radius 3 is 2.84 bits per heavy atom. The number of ether oxygens (including phenoxy) is 1. The second-order valence-electron chi connectivity index (χ2n) is 5.08. The van der Waals surface area contributed by atoms with Crippen LogP contribution >= 0.6 is 11.6 Å². The molecule has 0 fully saturated rings. The van der Waals surface area contributed by atoms with E-state index in [1.54, 1.807) is 53.9 Å². The Labute approximate surface area is 148 Å². The number of esters is 1. The molecule has 1 aromatic carbocycles. The lowest BCUT2D eigenvalue weighted by molar-refractivity contribution is 0.0521. The van der Waals surface area contributed by atoms with Crippen LogP contribution in [-0.2, 0) is 11.3 Å². The molecule has 0 atom stereocenters. The summed E-state index contributed by atoms with van der Waals surface area (Å²) in [6.07, 6.45) is 1.66. The quantitative estimate of drug-likeness (QED) is 0.550. The van der Waals surface area contributed by atoms with Crippen molar-refractivity contribution in [1.29, 1.82) is 0 Å². The molecule has 2 heterocycles. The summed E-state index contributed by atoms with van der Waals surface area (Å²) in [5.74, 6) is -0.359. The van der Waals surface area contributed by atoms with Crippen LogP contribution in [0.25, 0.3) is 5.65 Å². The number of aliphatic hydroxyl groups excluding tert-OH is 1. The van der Waals surface area contributed by atoms with Crippen molar-refractivity contribution in [2.45, 2.75) is 13.5 Å². The van der Waals surface area contributed by atoms with Gasteiger partial charge in [-0.1, -0.05) is 23.7 Å². The highest BCUT2D eigenvalue weighted by Crippen LogP contribution is 2.28. The Kier molecular flexibility index (Phi) is 5.06. The van der Waals surface area contributed by atoms with Gasteiger partial charge in [-0.3, -0.25) is 4.40 Å². The molecule has 0 radical (unpaired) electrons. The fourth-order valence-corrected chi connectivity index (χ4v) is 2.41. The second kappa shape index (κ2) is 7.42. The van der Waals surface area contributed by atoms with Gasteiger partial charge in [-0.25, -0.2) is 9.78 Å². The highest BCUT2D eigenvalue weighted by Gasteiger charge is 2.20. The largest absolute Gasteiger partial charge is 0.461 e. The van der Waals surface area contributed by atoms with Crippen LogP contribution in [0, 0.1) is 0 Å². The molecule has 2 aromatic heterocycles. The molecule has 8 heteroatoms. The van der Waals surface area contributed by atoms with Gasteiger partial charge in [0.05, 0.1) is 18.2 Å². The summed E-state index contributed by atoms with van der Waals surface area (Å²) in [7, 11) is 0. The number of azo groups is 1. The van der Waals surface area contributed by atoms with E-state index < -0.39 is 5.97 Å². The average molecular weight is 359 g/mol. The van der Waals surface area contributed by atoms with Gasteiger partial charge in [0.25, 0.3) is 0 Å². The molecule has 3 rings (SSSR count). The van der Waals surface area contributed by atoms with Gasteiger partial charge in [0, 0.05) is 6.20 Å². The Hall–Kier alpha value is -2.77. The van der Waals surface area contributed by atoms with E-state index in [4.69, 9.17) is 16.3 Å². The molecule has 0 spiro atoms. The molecule has 0 amide bonds. The molecule has 0 aliphatic carbocycles. The maximum Gasteiger partial charge on any atom is 0.360 e. The first-order valence-electron chi connectivity index (χ1n) is 7.59. The third-order valence-electron chi connectivity index (χ3n) is 3.42. The van der Waals surface area contributed by atoms with Crippen molar-refractivity contribution < 1.29 is 14.6 Å². The van der Waals surface area contributed by atoms with Crippen LogP contribution in [0.2, 0.25) is 5.02 Å². The fourth-order valence-electron chi connectivity index (χ4n) is 2.24. The molecule has 128 valence electrons. The lowest BCUT2D eigenvalue weighted by Gasteiger charge is -2.01. The number of halogens is 1. The molecule has 0 unspecified atom stereocenters. The van der Waals surface area contributed by atoms with E-state index in [1.165, 1.54) is 0 Å². The molecule has 0 aliphatic heterocycles. The van der Waals surface area contributed by atoms with Gasteiger partial charge < -0.3 is 9.84 Å². The summed E-state index contributed by atoms with van der Waals surface area (Å²) in [6, 6.07) is 10.4. The highest BCUT2D eigenvalue weighted by molar-refractivity contribution is 6.32. The molecule has 3 aromatic rings. The van der Waals surface area contributed by atoms with E-state index in [0.717, 1.165) is 0 Å². The lowest BCUT2D eigenvalue weighted by atomic mass is 10.3. The van der Waals surface area contributed by atoms with E-state index >= 15 is 0 Å². The number of imidazole rings is 1. The van der Waals surface area contributed by atoms with E-state index in [9.17, 15) is 9.90 Å². The van der Waals surface area contributed by atoms with Crippen molar-refractivity contribution in [3.05, 3.63) is 58.9 Å². The van der Waals surface area contributed by atoms with E-state index in [2.05, 4.69) is 15.2 Å². The summed E-state index contributed by atoms with van der Waals surface area (Å²) in [5, 5.41) is 18.0. The molecule has 1 N–H and O–H groups in total. The van der Waals surface area contributed by atoms with Crippen molar-refractivity contribution in [2.75, 3.05) is 6.61 Å². The van der Waals surface area contributed by atoms with Gasteiger partial charge in [0.15, 0.2) is 11.5 Å². The zero-order chi connectivity index (χ0) is 17.8. The third-order valence-corrected chi connectivity index (χ3v) is 3.74. The maximum absolute atomic E-state index is 12.2. The average Bonchev–Trinajstić information content (AvgIpc) is 2.99. The number of pyridine rings is 1. The monoisotopic (exact) mass is 358 g/mol. The number of benzene rings is 1. The maximum atomic E-state index is 12.2. The molecule has 25 heavy (non-hydrogen) atoms.